The van der Waals surface area contributed by atoms with E-state index in [4.69, 9.17) is 5.26 Å². The van der Waals surface area contributed by atoms with E-state index in [9.17, 15) is 0 Å². The first-order valence-corrected chi connectivity index (χ1v) is 8.74. The van der Waals surface area contributed by atoms with Crippen LogP contribution in [0.5, 0.6) is 0 Å². The lowest BCUT2D eigenvalue weighted by molar-refractivity contribution is 0.331. The maximum atomic E-state index is 8.88. The summed E-state index contributed by atoms with van der Waals surface area (Å²) in [5, 5.41) is 15.7. The first-order chi connectivity index (χ1) is 10.8. The third-order valence-electron chi connectivity index (χ3n) is 4.93. The molecule has 0 bridgehead atoms. The number of nitrogens with zero attached hydrogens (tertiary/aromatic N) is 4. The second-order valence-electron chi connectivity index (χ2n) is 6.25. The maximum Gasteiger partial charge on any atom is 0.118 e. The normalized spacial score (nSPS) is 22.2. The number of fused-ring (bicyclic) bond motifs is 3. The SMILES string of the molecule is Cc1nn2cnc3ccsc3c2c1[C@H]1CC[C@H](CC#N)CC1. The molecule has 0 unspecified atom stereocenters. The fourth-order valence-electron chi connectivity index (χ4n) is 3.84. The largest absolute Gasteiger partial charge is 0.235 e. The molecule has 0 aliphatic heterocycles. The topological polar surface area (TPSA) is 54.0 Å². The Hall–Kier alpha value is -1.93. The molecule has 1 aliphatic carbocycles. The van der Waals surface area contributed by atoms with Crippen molar-refractivity contribution in [2.45, 2.75) is 44.9 Å². The third-order valence-corrected chi connectivity index (χ3v) is 5.84. The molecule has 0 saturated heterocycles. The number of hydrogen-bond acceptors (Lipinski definition) is 4. The van der Waals surface area contributed by atoms with Gasteiger partial charge in [0.1, 0.15) is 6.33 Å². The molecule has 5 heteroatoms. The lowest BCUT2D eigenvalue weighted by atomic mass is 9.77. The van der Waals surface area contributed by atoms with Crippen molar-refractivity contribution in [2.75, 3.05) is 0 Å². The monoisotopic (exact) mass is 310 g/mol. The van der Waals surface area contributed by atoms with Crippen molar-refractivity contribution in [3.05, 3.63) is 29.0 Å². The van der Waals surface area contributed by atoms with E-state index in [1.54, 1.807) is 11.3 Å². The quantitative estimate of drug-likeness (QED) is 0.703. The summed E-state index contributed by atoms with van der Waals surface area (Å²) in [5.74, 6) is 1.16. The molecule has 3 heterocycles. The van der Waals surface area contributed by atoms with E-state index in [0.29, 0.717) is 18.3 Å². The molecular weight excluding hydrogens is 292 g/mol. The van der Waals surface area contributed by atoms with Gasteiger partial charge < -0.3 is 0 Å². The zero-order valence-electron chi connectivity index (χ0n) is 12.6. The smallest absolute Gasteiger partial charge is 0.118 e. The minimum Gasteiger partial charge on any atom is -0.235 e. The maximum absolute atomic E-state index is 8.88. The Bertz CT molecular complexity index is 862. The van der Waals surface area contributed by atoms with Crippen LogP contribution in [-0.2, 0) is 0 Å². The second kappa shape index (κ2) is 5.36. The number of rotatable bonds is 2. The van der Waals surface area contributed by atoms with Gasteiger partial charge in [-0.3, -0.25) is 0 Å². The Labute approximate surface area is 133 Å². The van der Waals surface area contributed by atoms with Crippen LogP contribution in [0.3, 0.4) is 0 Å². The van der Waals surface area contributed by atoms with E-state index in [1.807, 2.05) is 10.8 Å². The molecule has 1 fully saturated rings. The third kappa shape index (κ3) is 2.10. The molecular formula is C17H18N4S. The van der Waals surface area contributed by atoms with Crippen molar-refractivity contribution in [1.29, 1.82) is 5.26 Å². The predicted octanol–water partition coefficient (Wildman–Crippen LogP) is 4.44. The summed E-state index contributed by atoms with van der Waals surface area (Å²) < 4.78 is 3.20. The van der Waals surface area contributed by atoms with Crippen molar-refractivity contribution in [3.63, 3.8) is 0 Å². The highest BCUT2D eigenvalue weighted by Crippen LogP contribution is 2.41. The van der Waals surface area contributed by atoms with Gasteiger partial charge in [0.15, 0.2) is 0 Å². The number of thiophene rings is 1. The van der Waals surface area contributed by atoms with E-state index in [2.05, 4.69) is 34.5 Å². The lowest BCUT2D eigenvalue weighted by Crippen LogP contribution is -2.13. The van der Waals surface area contributed by atoms with Gasteiger partial charge in [0.2, 0.25) is 0 Å². The molecule has 4 rings (SSSR count). The molecule has 4 nitrogen and oxygen atoms in total. The summed E-state index contributed by atoms with van der Waals surface area (Å²) in [6, 6.07) is 4.40. The van der Waals surface area contributed by atoms with Crippen molar-refractivity contribution >= 4 is 27.1 Å². The number of hydrogen-bond donors (Lipinski definition) is 0. The minimum absolute atomic E-state index is 0.570. The Morgan fingerprint density at radius 2 is 2.18 bits per heavy atom. The first-order valence-electron chi connectivity index (χ1n) is 7.86. The van der Waals surface area contributed by atoms with Crippen molar-refractivity contribution < 1.29 is 0 Å². The highest BCUT2D eigenvalue weighted by atomic mass is 32.1. The van der Waals surface area contributed by atoms with Gasteiger partial charge in [0.05, 0.1) is 27.5 Å². The molecule has 0 radical (unpaired) electrons. The van der Waals surface area contributed by atoms with Crippen LogP contribution in [0.4, 0.5) is 0 Å². The molecule has 1 aliphatic rings. The molecule has 1 saturated carbocycles. The van der Waals surface area contributed by atoms with E-state index >= 15 is 0 Å². The molecule has 0 atom stereocenters. The average Bonchev–Trinajstić information content (AvgIpc) is 3.11. The minimum atomic E-state index is 0.570. The summed E-state index contributed by atoms with van der Waals surface area (Å²) in [5.41, 5.74) is 4.86. The van der Waals surface area contributed by atoms with Crippen LogP contribution in [0.25, 0.3) is 15.7 Å². The van der Waals surface area contributed by atoms with E-state index in [0.717, 1.165) is 24.1 Å². The summed E-state index contributed by atoms with van der Waals surface area (Å²) in [6.07, 6.45) is 7.20. The Morgan fingerprint density at radius 1 is 1.36 bits per heavy atom. The molecule has 0 N–H and O–H groups in total. The van der Waals surface area contributed by atoms with Gasteiger partial charge in [-0.05, 0) is 55.9 Å². The second-order valence-corrected chi connectivity index (χ2v) is 7.17. The Balaban J connectivity index is 1.77. The molecule has 3 aromatic rings. The van der Waals surface area contributed by atoms with E-state index < -0.39 is 0 Å². The summed E-state index contributed by atoms with van der Waals surface area (Å²) in [6.45, 7) is 2.11. The molecule has 3 aromatic heterocycles. The standard InChI is InChI=1S/C17H18N4S/c1-11-15(13-4-2-12(3-5-13)6-8-18)16-17-14(7-9-22-17)19-10-21(16)20-11/h7,9-10,12-13H,2-6H2,1H3/t12-,13-. The van der Waals surface area contributed by atoms with Crippen LogP contribution in [-0.4, -0.2) is 14.6 Å². The van der Waals surface area contributed by atoms with E-state index in [1.165, 1.54) is 28.6 Å². The van der Waals surface area contributed by atoms with Gasteiger partial charge in [0.25, 0.3) is 0 Å². The zero-order valence-corrected chi connectivity index (χ0v) is 13.4. The zero-order chi connectivity index (χ0) is 15.1. The van der Waals surface area contributed by atoms with Gasteiger partial charge in [0, 0.05) is 12.0 Å². The molecule has 112 valence electrons. The van der Waals surface area contributed by atoms with Crippen molar-refractivity contribution in [3.8, 4) is 6.07 Å². The number of nitriles is 1. The summed E-state index contributed by atoms with van der Waals surface area (Å²) >= 11 is 1.75. The Morgan fingerprint density at radius 3 is 2.95 bits per heavy atom. The van der Waals surface area contributed by atoms with Gasteiger partial charge in [-0.15, -0.1) is 11.3 Å². The molecule has 0 amide bonds. The summed E-state index contributed by atoms with van der Waals surface area (Å²) in [4.78, 5) is 4.48. The van der Waals surface area contributed by atoms with Crippen molar-refractivity contribution in [1.82, 2.24) is 14.6 Å². The number of aryl methyl sites for hydroxylation is 1. The van der Waals surface area contributed by atoms with Gasteiger partial charge in [-0.1, -0.05) is 0 Å². The fraction of sp³-hybridized carbons (Fsp3) is 0.471. The summed E-state index contributed by atoms with van der Waals surface area (Å²) in [7, 11) is 0. The van der Waals surface area contributed by atoms with Crippen LogP contribution in [0, 0.1) is 24.2 Å². The average molecular weight is 310 g/mol. The lowest BCUT2D eigenvalue weighted by Gasteiger charge is -2.27. The predicted molar refractivity (Wildman–Crippen MR) is 88.0 cm³/mol. The van der Waals surface area contributed by atoms with E-state index in [-0.39, 0.29) is 0 Å². The Kier molecular flexibility index (Phi) is 3.34. The van der Waals surface area contributed by atoms with Gasteiger partial charge >= 0.3 is 0 Å². The van der Waals surface area contributed by atoms with Crippen LogP contribution < -0.4 is 0 Å². The highest BCUT2D eigenvalue weighted by molar-refractivity contribution is 7.18. The van der Waals surface area contributed by atoms with Crippen LogP contribution in [0.2, 0.25) is 0 Å². The van der Waals surface area contributed by atoms with Crippen LogP contribution in [0.1, 0.15) is 49.3 Å². The van der Waals surface area contributed by atoms with Crippen molar-refractivity contribution in [2.24, 2.45) is 5.92 Å². The van der Waals surface area contributed by atoms with Gasteiger partial charge in [-0.25, -0.2) is 9.50 Å². The number of aromatic nitrogens is 3. The fourth-order valence-corrected chi connectivity index (χ4v) is 4.73. The molecule has 0 aromatic carbocycles. The highest BCUT2D eigenvalue weighted by Gasteiger charge is 2.27. The van der Waals surface area contributed by atoms with Crippen LogP contribution in [0.15, 0.2) is 17.8 Å². The molecule has 0 spiro atoms. The molecule has 22 heavy (non-hydrogen) atoms. The first kappa shape index (κ1) is 13.7. The van der Waals surface area contributed by atoms with Gasteiger partial charge in [-0.2, -0.15) is 10.4 Å². The van der Waals surface area contributed by atoms with Crippen LogP contribution >= 0.6 is 11.3 Å².